The maximum atomic E-state index is 4.44. The van der Waals surface area contributed by atoms with Crippen molar-refractivity contribution in [2.75, 3.05) is 0 Å². The van der Waals surface area contributed by atoms with Crippen molar-refractivity contribution in [2.24, 2.45) is 0 Å². The Bertz CT molecular complexity index is 522. The second-order valence-electron chi connectivity index (χ2n) is 5.06. The van der Waals surface area contributed by atoms with Crippen LogP contribution in [0.4, 0.5) is 0 Å². The third-order valence-corrected chi connectivity index (χ3v) is 3.72. The maximum Gasteiger partial charge on any atom is 0.0401 e. The molecule has 2 aromatic heterocycles. The van der Waals surface area contributed by atoms with Gasteiger partial charge < -0.3 is 0 Å². The van der Waals surface area contributed by atoms with E-state index in [-0.39, 0.29) is 0 Å². The lowest BCUT2D eigenvalue weighted by Gasteiger charge is -2.14. The van der Waals surface area contributed by atoms with Crippen LogP contribution in [0.15, 0.2) is 24.5 Å². The molecule has 2 rings (SSSR count). The summed E-state index contributed by atoms with van der Waals surface area (Å²) in [5, 5.41) is 0. The molecule has 0 N–H and O–H groups in total. The van der Waals surface area contributed by atoms with Crippen molar-refractivity contribution < 1.29 is 0 Å². The van der Waals surface area contributed by atoms with E-state index in [2.05, 4.69) is 42.9 Å². The quantitative estimate of drug-likeness (QED) is 0.796. The average Bonchev–Trinajstić information content (AvgIpc) is 2.35. The van der Waals surface area contributed by atoms with E-state index < -0.39 is 0 Å². The average molecular weight is 240 g/mol. The molecule has 0 radical (unpaired) electrons. The molecule has 18 heavy (non-hydrogen) atoms. The fraction of sp³-hybridized carbons (Fsp3) is 0.375. The normalized spacial score (nSPS) is 11.0. The lowest BCUT2D eigenvalue weighted by Crippen LogP contribution is -2.01. The number of hydrogen-bond donors (Lipinski definition) is 0. The fourth-order valence-corrected chi connectivity index (χ4v) is 2.00. The van der Waals surface area contributed by atoms with E-state index in [0.29, 0.717) is 5.92 Å². The second-order valence-corrected chi connectivity index (χ2v) is 5.06. The van der Waals surface area contributed by atoms with Crippen LogP contribution in [0.3, 0.4) is 0 Å². The molecular weight excluding hydrogens is 220 g/mol. The van der Waals surface area contributed by atoms with Gasteiger partial charge in [-0.05, 0) is 49.9 Å². The van der Waals surface area contributed by atoms with Crippen LogP contribution in [0.1, 0.15) is 46.5 Å². The zero-order valence-electron chi connectivity index (χ0n) is 11.8. The van der Waals surface area contributed by atoms with Gasteiger partial charge in [-0.3, -0.25) is 9.97 Å². The molecule has 0 spiro atoms. The number of nitrogens with zero attached hydrogens (tertiary/aromatic N) is 2. The van der Waals surface area contributed by atoms with Gasteiger partial charge in [-0.15, -0.1) is 0 Å². The molecule has 0 unspecified atom stereocenters. The van der Waals surface area contributed by atoms with Crippen LogP contribution in [-0.4, -0.2) is 9.97 Å². The van der Waals surface area contributed by atoms with Crippen LogP contribution in [-0.2, 0) is 0 Å². The molecule has 0 aliphatic carbocycles. The molecule has 2 heteroatoms. The summed E-state index contributed by atoms with van der Waals surface area (Å²) in [5.74, 6) is 0.337. The summed E-state index contributed by atoms with van der Waals surface area (Å²) in [6.45, 7) is 10.5. The molecular formula is C16H20N2. The molecule has 0 saturated heterocycles. The summed E-state index contributed by atoms with van der Waals surface area (Å²) in [4.78, 5) is 8.89. The van der Waals surface area contributed by atoms with Gasteiger partial charge in [0.25, 0.3) is 0 Å². The van der Waals surface area contributed by atoms with Crippen molar-refractivity contribution in [1.82, 2.24) is 9.97 Å². The Balaban J connectivity index is 2.37. The molecule has 94 valence electrons. The Morgan fingerprint density at radius 3 is 1.50 bits per heavy atom. The predicted octanol–water partition coefficient (Wildman–Crippen LogP) is 3.86. The minimum absolute atomic E-state index is 0.337. The molecule has 0 aromatic carbocycles. The van der Waals surface area contributed by atoms with Crippen LogP contribution >= 0.6 is 0 Å². The SMILES string of the molecule is Cc1cc(C(C)c2cnc(C)c(C)c2)cnc1C. The van der Waals surface area contributed by atoms with Crippen LogP contribution in [0, 0.1) is 27.7 Å². The van der Waals surface area contributed by atoms with Crippen LogP contribution in [0.5, 0.6) is 0 Å². The molecule has 0 bridgehead atoms. The van der Waals surface area contributed by atoms with Crippen molar-refractivity contribution in [1.29, 1.82) is 0 Å². The fourth-order valence-electron chi connectivity index (χ4n) is 2.00. The lowest BCUT2D eigenvalue weighted by atomic mass is 9.93. The predicted molar refractivity (Wildman–Crippen MR) is 74.9 cm³/mol. The summed E-state index contributed by atoms with van der Waals surface area (Å²) in [6, 6.07) is 4.45. The number of aryl methyl sites for hydroxylation is 4. The van der Waals surface area contributed by atoms with Gasteiger partial charge in [0.05, 0.1) is 0 Å². The number of hydrogen-bond acceptors (Lipinski definition) is 2. The van der Waals surface area contributed by atoms with Gasteiger partial charge in [-0.25, -0.2) is 0 Å². The Morgan fingerprint density at radius 1 is 0.778 bits per heavy atom. The van der Waals surface area contributed by atoms with E-state index >= 15 is 0 Å². The lowest BCUT2D eigenvalue weighted by molar-refractivity contribution is 0.886. The molecule has 0 aliphatic heterocycles. The van der Waals surface area contributed by atoms with Gasteiger partial charge >= 0.3 is 0 Å². The summed E-state index contributed by atoms with van der Waals surface area (Å²) >= 11 is 0. The number of pyridine rings is 2. The summed E-state index contributed by atoms with van der Waals surface area (Å²) < 4.78 is 0. The van der Waals surface area contributed by atoms with Crippen molar-refractivity contribution in [3.63, 3.8) is 0 Å². The highest BCUT2D eigenvalue weighted by Crippen LogP contribution is 2.25. The third kappa shape index (κ3) is 2.42. The van der Waals surface area contributed by atoms with Crippen molar-refractivity contribution in [3.8, 4) is 0 Å². The monoisotopic (exact) mass is 240 g/mol. The minimum atomic E-state index is 0.337. The highest BCUT2D eigenvalue weighted by molar-refractivity contribution is 5.34. The van der Waals surface area contributed by atoms with E-state index in [0.717, 1.165) is 11.4 Å². The van der Waals surface area contributed by atoms with Gasteiger partial charge in [0, 0.05) is 29.7 Å². The Morgan fingerprint density at radius 2 is 1.17 bits per heavy atom. The summed E-state index contributed by atoms with van der Waals surface area (Å²) in [5.41, 5.74) is 7.20. The second kappa shape index (κ2) is 4.89. The van der Waals surface area contributed by atoms with Gasteiger partial charge in [0.15, 0.2) is 0 Å². The highest BCUT2D eigenvalue weighted by Gasteiger charge is 2.11. The summed E-state index contributed by atoms with van der Waals surface area (Å²) in [7, 11) is 0. The van der Waals surface area contributed by atoms with Gasteiger partial charge in [0.1, 0.15) is 0 Å². The van der Waals surface area contributed by atoms with Gasteiger partial charge in [-0.2, -0.15) is 0 Å². The molecule has 2 nitrogen and oxygen atoms in total. The zero-order chi connectivity index (χ0) is 13.3. The first-order valence-electron chi connectivity index (χ1n) is 6.35. The molecule has 0 saturated carbocycles. The van der Waals surface area contributed by atoms with Gasteiger partial charge in [-0.1, -0.05) is 19.1 Å². The van der Waals surface area contributed by atoms with E-state index in [9.17, 15) is 0 Å². The zero-order valence-corrected chi connectivity index (χ0v) is 11.8. The topological polar surface area (TPSA) is 25.8 Å². The Kier molecular flexibility index (Phi) is 3.46. The molecule has 0 amide bonds. The minimum Gasteiger partial charge on any atom is -0.261 e. The molecule has 0 atom stereocenters. The van der Waals surface area contributed by atoms with Crippen LogP contribution in [0.25, 0.3) is 0 Å². The van der Waals surface area contributed by atoms with Crippen molar-refractivity contribution >= 4 is 0 Å². The first-order valence-corrected chi connectivity index (χ1v) is 6.35. The van der Waals surface area contributed by atoms with Crippen molar-refractivity contribution in [3.05, 3.63) is 58.2 Å². The number of rotatable bonds is 2. The standard InChI is InChI=1S/C16H20N2/c1-10-6-15(8-17-13(10)4)12(3)16-7-11(2)14(5)18-9-16/h6-9,12H,1-5H3. The van der Waals surface area contributed by atoms with Gasteiger partial charge in [0.2, 0.25) is 0 Å². The molecule has 2 aromatic rings. The van der Waals surface area contributed by atoms with Crippen molar-refractivity contribution in [2.45, 2.75) is 40.5 Å². The number of aromatic nitrogens is 2. The third-order valence-electron chi connectivity index (χ3n) is 3.72. The largest absolute Gasteiger partial charge is 0.261 e. The van der Waals surface area contributed by atoms with Crippen LogP contribution in [0.2, 0.25) is 0 Å². The summed E-state index contributed by atoms with van der Waals surface area (Å²) in [6.07, 6.45) is 3.95. The first-order chi connectivity index (χ1) is 8.49. The Labute approximate surface area is 109 Å². The van der Waals surface area contributed by atoms with E-state index in [1.54, 1.807) is 0 Å². The van der Waals surface area contributed by atoms with Crippen LogP contribution < -0.4 is 0 Å². The first kappa shape index (κ1) is 12.7. The smallest absolute Gasteiger partial charge is 0.0401 e. The molecule has 0 fully saturated rings. The highest BCUT2D eigenvalue weighted by atomic mass is 14.7. The van der Waals surface area contributed by atoms with E-state index in [1.165, 1.54) is 22.3 Å². The Hall–Kier alpha value is -1.70. The molecule has 2 heterocycles. The van der Waals surface area contributed by atoms with E-state index in [1.807, 2.05) is 26.2 Å². The molecule has 0 aliphatic rings. The maximum absolute atomic E-state index is 4.44. The van der Waals surface area contributed by atoms with E-state index in [4.69, 9.17) is 0 Å².